The first kappa shape index (κ1) is 11.2. The Bertz CT molecular complexity index is 403. The van der Waals surface area contributed by atoms with Gasteiger partial charge >= 0.3 is 0 Å². The highest BCUT2D eigenvalue weighted by Gasteiger charge is 2.30. The number of aromatic nitrogens is 3. The van der Waals surface area contributed by atoms with E-state index in [1.54, 1.807) is 0 Å². The number of nitrogens with two attached hydrogens (primary N) is 1. The van der Waals surface area contributed by atoms with Crippen molar-refractivity contribution < 1.29 is 4.74 Å². The monoisotopic (exact) mass is 236 g/mol. The molecule has 2 aliphatic rings. The standard InChI is InChI=1S/C12H20N4O/c1-8-2-3-10(17-8)12-15-14-11-6-9(7-13)4-5-16(11)12/h8-10H,2-7,13H2,1H3. The molecule has 0 saturated carbocycles. The number of hydrogen-bond donors (Lipinski definition) is 1. The van der Waals surface area contributed by atoms with E-state index >= 15 is 0 Å². The summed E-state index contributed by atoms with van der Waals surface area (Å²) in [5.74, 6) is 2.69. The van der Waals surface area contributed by atoms with Gasteiger partial charge in [-0.05, 0) is 38.6 Å². The molecule has 0 aliphatic carbocycles. The highest BCUT2D eigenvalue weighted by atomic mass is 16.5. The summed E-state index contributed by atoms with van der Waals surface area (Å²) in [7, 11) is 0. The van der Waals surface area contributed by atoms with Crippen molar-refractivity contribution >= 4 is 0 Å². The normalized spacial score (nSPS) is 32.7. The Kier molecular flexibility index (Phi) is 2.88. The van der Waals surface area contributed by atoms with Crippen LogP contribution in [0.15, 0.2) is 0 Å². The number of rotatable bonds is 2. The molecule has 5 heteroatoms. The van der Waals surface area contributed by atoms with Crippen molar-refractivity contribution in [2.24, 2.45) is 11.7 Å². The van der Waals surface area contributed by atoms with Crippen LogP contribution in [-0.2, 0) is 17.7 Å². The lowest BCUT2D eigenvalue weighted by atomic mass is 9.98. The minimum absolute atomic E-state index is 0.153. The average Bonchev–Trinajstić information content (AvgIpc) is 2.93. The maximum atomic E-state index is 5.88. The Hall–Kier alpha value is -0.940. The van der Waals surface area contributed by atoms with Crippen LogP contribution in [-0.4, -0.2) is 27.4 Å². The second-order valence-corrected chi connectivity index (χ2v) is 5.23. The fourth-order valence-electron chi connectivity index (χ4n) is 2.85. The van der Waals surface area contributed by atoms with E-state index in [1.807, 2.05) is 0 Å². The molecule has 5 nitrogen and oxygen atoms in total. The van der Waals surface area contributed by atoms with Gasteiger partial charge in [-0.2, -0.15) is 0 Å². The molecule has 3 unspecified atom stereocenters. The smallest absolute Gasteiger partial charge is 0.162 e. The molecule has 1 aromatic rings. The number of fused-ring (bicyclic) bond motifs is 1. The first-order chi connectivity index (χ1) is 8.28. The largest absolute Gasteiger partial charge is 0.367 e. The van der Waals surface area contributed by atoms with Crippen molar-refractivity contribution in [1.29, 1.82) is 0 Å². The third-order valence-electron chi connectivity index (χ3n) is 3.94. The summed E-state index contributed by atoms with van der Waals surface area (Å²) in [6.07, 6.45) is 4.80. The Balaban J connectivity index is 1.81. The highest BCUT2D eigenvalue weighted by Crippen LogP contribution is 2.33. The maximum Gasteiger partial charge on any atom is 0.162 e. The molecule has 0 aromatic carbocycles. The maximum absolute atomic E-state index is 5.88. The van der Waals surface area contributed by atoms with E-state index in [0.717, 1.165) is 50.4 Å². The zero-order chi connectivity index (χ0) is 11.8. The van der Waals surface area contributed by atoms with Crippen LogP contribution >= 0.6 is 0 Å². The molecule has 0 amide bonds. The van der Waals surface area contributed by atoms with Crippen LogP contribution in [0.25, 0.3) is 0 Å². The lowest BCUT2D eigenvalue weighted by Crippen LogP contribution is -2.26. The van der Waals surface area contributed by atoms with Crippen LogP contribution < -0.4 is 5.73 Å². The van der Waals surface area contributed by atoms with Crippen LogP contribution in [0, 0.1) is 5.92 Å². The summed E-state index contributed by atoms with van der Waals surface area (Å²) in [5, 5.41) is 8.63. The molecule has 1 aromatic heterocycles. The zero-order valence-corrected chi connectivity index (χ0v) is 10.3. The lowest BCUT2D eigenvalue weighted by molar-refractivity contribution is 0.0473. The van der Waals surface area contributed by atoms with Crippen LogP contribution in [0.4, 0.5) is 0 Å². The van der Waals surface area contributed by atoms with Crippen LogP contribution in [0.3, 0.4) is 0 Å². The Morgan fingerprint density at radius 3 is 2.94 bits per heavy atom. The molecule has 17 heavy (non-hydrogen) atoms. The van der Waals surface area contributed by atoms with E-state index in [0.29, 0.717) is 12.0 Å². The van der Waals surface area contributed by atoms with Gasteiger partial charge in [0.15, 0.2) is 5.82 Å². The van der Waals surface area contributed by atoms with Crippen molar-refractivity contribution in [3.05, 3.63) is 11.6 Å². The summed E-state index contributed by atoms with van der Waals surface area (Å²) in [4.78, 5) is 0. The van der Waals surface area contributed by atoms with Gasteiger partial charge in [0.05, 0.1) is 6.10 Å². The lowest BCUT2D eigenvalue weighted by Gasteiger charge is -2.23. The van der Waals surface area contributed by atoms with Crippen molar-refractivity contribution in [1.82, 2.24) is 14.8 Å². The predicted octanol–water partition coefficient (Wildman–Crippen LogP) is 1.04. The summed E-state index contributed by atoms with van der Waals surface area (Å²) >= 11 is 0. The SMILES string of the molecule is CC1CCC(c2nnc3n2CCC(CN)C3)O1. The van der Waals surface area contributed by atoms with E-state index in [2.05, 4.69) is 21.7 Å². The first-order valence-corrected chi connectivity index (χ1v) is 6.55. The zero-order valence-electron chi connectivity index (χ0n) is 10.3. The van der Waals surface area contributed by atoms with Crippen molar-refractivity contribution in [2.45, 2.75) is 51.4 Å². The molecule has 94 valence electrons. The van der Waals surface area contributed by atoms with Crippen LogP contribution in [0.5, 0.6) is 0 Å². The van der Waals surface area contributed by atoms with Gasteiger partial charge in [-0.25, -0.2) is 0 Å². The summed E-state index contributed by atoms with van der Waals surface area (Å²) in [5.41, 5.74) is 5.73. The van der Waals surface area contributed by atoms with E-state index in [-0.39, 0.29) is 6.10 Å². The summed E-state index contributed by atoms with van der Waals surface area (Å²) < 4.78 is 8.12. The highest BCUT2D eigenvalue weighted by molar-refractivity contribution is 5.04. The van der Waals surface area contributed by atoms with Crippen LogP contribution in [0.1, 0.15) is 43.9 Å². The van der Waals surface area contributed by atoms with Crippen molar-refractivity contribution in [3.8, 4) is 0 Å². The number of hydrogen-bond acceptors (Lipinski definition) is 4. The van der Waals surface area contributed by atoms with E-state index < -0.39 is 0 Å². The van der Waals surface area contributed by atoms with E-state index in [4.69, 9.17) is 10.5 Å². The fraction of sp³-hybridized carbons (Fsp3) is 0.833. The average molecular weight is 236 g/mol. The molecule has 0 radical (unpaired) electrons. The summed E-state index contributed by atoms with van der Waals surface area (Å²) in [6, 6.07) is 0. The van der Waals surface area contributed by atoms with Crippen LogP contribution in [0.2, 0.25) is 0 Å². The van der Waals surface area contributed by atoms with Crippen molar-refractivity contribution in [2.75, 3.05) is 6.54 Å². The minimum Gasteiger partial charge on any atom is -0.367 e. The molecule has 0 spiro atoms. The number of ether oxygens (including phenoxy) is 1. The van der Waals surface area contributed by atoms with Gasteiger partial charge < -0.3 is 15.0 Å². The van der Waals surface area contributed by atoms with Gasteiger partial charge in [0.2, 0.25) is 0 Å². The second kappa shape index (κ2) is 4.38. The van der Waals surface area contributed by atoms with E-state index in [1.165, 1.54) is 0 Å². The molecular weight excluding hydrogens is 216 g/mol. The van der Waals surface area contributed by atoms with Gasteiger partial charge in [-0.15, -0.1) is 10.2 Å². The number of nitrogens with zero attached hydrogens (tertiary/aromatic N) is 3. The Morgan fingerprint density at radius 2 is 2.24 bits per heavy atom. The molecule has 2 N–H and O–H groups in total. The van der Waals surface area contributed by atoms with Gasteiger partial charge in [0.1, 0.15) is 11.9 Å². The minimum atomic E-state index is 0.153. The molecule has 3 atom stereocenters. The fourth-order valence-corrected chi connectivity index (χ4v) is 2.85. The second-order valence-electron chi connectivity index (χ2n) is 5.23. The molecule has 0 bridgehead atoms. The first-order valence-electron chi connectivity index (χ1n) is 6.55. The molecular formula is C12H20N4O. The van der Waals surface area contributed by atoms with Gasteiger partial charge in [-0.3, -0.25) is 0 Å². The Morgan fingerprint density at radius 1 is 1.35 bits per heavy atom. The van der Waals surface area contributed by atoms with Gasteiger partial charge in [-0.1, -0.05) is 0 Å². The third kappa shape index (κ3) is 1.98. The molecule has 1 fully saturated rings. The molecule has 3 heterocycles. The topological polar surface area (TPSA) is 66.0 Å². The quantitative estimate of drug-likeness (QED) is 0.833. The molecule has 1 saturated heterocycles. The predicted molar refractivity (Wildman–Crippen MR) is 63.4 cm³/mol. The molecule has 2 aliphatic heterocycles. The summed E-state index contributed by atoms with van der Waals surface area (Å²) in [6.45, 7) is 3.87. The van der Waals surface area contributed by atoms with E-state index in [9.17, 15) is 0 Å². The molecule has 3 rings (SSSR count). The van der Waals surface area contributed by atoms with Gasteiger partial charge in [0.25, 0.3) is 0 Å². The Labute approximate surface area is 101 Å². The van der Waals surface area contributed by atoms with Crippen molar-refractivity contribution in [3.63, 3.8) is 0 Å². The van der Waals surface area contributed by atoms with Gasteiger partial charge in [0, 0.05) is 13.0 Å². The third-order valence-corrected chi connectivity index (χ3v) is 3.94.